The molecule has 0 bridgehead atoms. The van der Waals surface area contributed by atoms with Crippen molar-refractivity contribution < 1.29 is 14.4 Å². The first-order valence-corrected chi connectivity index (χ1v) is 16.4. The second kappa shape index (κ2) is 12.0. The maximum absolute atomic E-state index is 12.7. The lowest BCUT2D eigenvalue weighted by molar-refractivity contribution is -0.117. The number of hydrogen-bond donors (Lipinski definition) is 3. The number of nitrogens with one attached hydrogen (secondary N) is 3. The van der Waals surface area contributed by atoms with Crippen LogP contribution in [0.25, 0.3) is 11.1 Å². The van der Waals surface area contributed by atoms with Crippen molar-refractivity contribution in [2.24, 2.45) is 5.92 Å². The fourth-order valence-electron chi connectivity index (χ4n) is 6.64. The van der Waals surface area contributed by atoms with Crippen LogP contribution in [0.1, 0.15) is 57.7 Å². The van der Waals surface area contributed by atoms with Gasteiger partial charge in [0.2, 0.25) is 5.91 Å². The summed E-state index contributed by atoms with van der Waals surface area (Å²) in [6.07, 6.45) is 4.74. The van der Waals surface area contributed by atoms with E-state index in [9.17, 15) is 14.4 Å². The zero-order valence-electron chi connectivity index (χ0n) is 26.9. The number of para-hydroxylation sites is 1. The van der Waals surface area contributed by atoms with Gasteiger partial charge < -0.3 is 25.8 Å². The molecule has 0 unspecified atom stereocenters. The van der Waals surface area contributed by atoms with Gasteiger partial charge in [-0.1, -0.05) is 18.2 Å². The summed E-state index contributed by atoms with van der Waals surface area (Å²) < 4.78 is 2.15. The Hall–Kier alpha value is -5.37. The molecular weight excluding hydrogens is 610 g/mol. The van der Waals surface area contributed by atoms with Crippen molar-refractivity contribution in [1.82, 2.24) is 40.1 Å². The van der Waals surface area contributed by atoms with Gasteiger partial charge in [0.1, 0.15) is 5.69 Å². The zero-order valence-corrected chi connectivity index (χ0v) is 26.9. The Labute approximate surface area is 277 Å². The van der Waals surface area contributed by atoms with Crippen molar-refractivity contribution in [2.75, 3.05) is 55.8 Å². The van der Waals surface area contributed by atoms with E-state index in [-0.39, 0.29) is 35.4 Å². The van der Waals surface area contributed by atoms with Crippen LogP contribution in [0.3, 0.4) is 0 Å². The molecule has 3 fully saturated rings. The van der Waals surface area contributed by atoms with E-state index in [0.717, 1.165) is 79.3 Å². The van der Waals surface area contributed by atoms with Gasteiger partial charge in [0, 0.05) is 69.9 Å². The van der Waals surface area contributed by atoms with Crippen molar-refractivity contribution in [1.29, 1.82) is 0 Å². The average Bonchev–Trinajstić information content (AvgIpc) is 3.82. The first-order chi connectivity index (χ1) is 23.4. The van der Waals surface area contributed by atoms with Gasteiger partial charge in [0.25, 0.3) is 11.8 Å². The van der Waals surface area contributed by atoms with Crippen LogP contribution in [-0.4, -0.2) is 92.8 Å². The Bertz CT molecular complexity index is 1930. The summed E-state index contributed by atoms with van der Waals surface area (Å²) in [6.45, 7) is 4.65. The van der Waals surface area contributed by atoms with Crippen LogP contribution in [-0.2, 0) is 17.9 Å². The lowest BCUT2D eigenvalue weighted by Gasteiger charge is -2.40. The lowest BCUT2D eigenvalue weighted by Crippen LogP contribution is -2.48. The molecular formula is C34H37N11O3. The third-order valence-electron chi connectivity index (χ3n) is 9.54. The van der Waals surface area contributed by atoms with Crippen LogP contribution in [0.15, 0.2) is 48.7 Å². The smallest absolute Gasteiger partial charge is 0.273 e. The van der Waals surface area contributed by atoms with Crippen LogP contribution < -0.4 is 20.9 Å². The SMILES string of the molecule is CNC(=O)c1nnc(NC(=O)C2CC2)cc1Nc1cccc2c1N(C)Cc1c-2cnn1C1CN(Cc2cccc(C(=O)N3CCC3)n2)C1. The summed E-state index contributed by atoms with van der Waals surface area (Å²) in [5.74, 6) is -0.150. The molecule has 1 aromatic carbocycles. The predicted molar refractivity (Wildman–Crippen MR) is 179 cm³/mol. The van der Waals surface area contributed by atoms with Crippen LogP contribution in [0.2, 0.25) is 0 Å². The van der Waals surface area contributed by atoms with Crippen molar-refractivity contribution >= 4 is 40.6 Å². The minimum atomic E-state index is -0.384. The molecule has 0 spiro atoms. The Kier molecular flexibility index (Phi) is 7.51. The number of rotatable bonds is 9. The molecule has 3 amide bonds. The van der Waals surface area contributed by atoms with Gasteiger partial charge in [-0.25, -0.2) is 4.98 Å². The topological polar surface area (TPSA) is 154 Å². The van der Waals surface area contributed by atoms with Crippen LogP contribution in [0.5, 0.6) is 0 Å². The van der Waals surface area contributed by atoms with Gasteiger partial charge >= 0.3 is 0 Å². The zero-order chi connectivity index (χ0) is 32.9. The molecule has 6 heterocycles. The molecule has 4 aromatic rings. The van der Waals surface area contributed by atoms with Crippen LogP contribution >= 0.6 is 0 Å². The molecule has 8 rings (SSSR count). The van der Waals surface area contributed by atoms with E-state index in [0.29, 0.717) is 30.3 Å². The minimum absolute atomic E-state index is 0.00979. The average molecular weight is 648 g/mol. The molecule has 14 heteroatoms. The summed E-state index contributed by atoms with van der Waals surface area (Å²) in [4.78, 5) is 48.8. The fraction of sp³-hybridized carbons (Fsp3) is 0.382. The number of anilines is 4. The van der Waals surface area contributed by atoms with Crippen molar-refractivity contribution in [3.05, 3.63) is 71.4 Å². The lowest BCUT2D eigenvalue weighted by atomic mass is 9.97. The molecule has 14 nitrogen and oxygen atoms in total. The van der Waals surface area contributed by atoms with Crippen LogP contribution in [0, 0.1) is 5.92 Å². The molecule has 48 heavy (non-hydrogen) atoms. The predicted octanol–water partition coefficient (Wildman–Crippen LogP) is 3.04. The highest BCUT2D eigenvalue weighted by atomic mass is 16.2. The summed E-state index contributed by atoms with van der Waals surface area (Å²) in [7, 11) is 3.59. The highest BCUT2D eigenvalue weighted by Gasteiger charge is 2.35. The monoisotopic (exact) mass is 647 g/mol. The summed E-state index contributed by atoms with van der Waals surface area (Å²) in [5, 5.41) is 22.0. The highest BCUT2D eigenvalue weighted by Crippen LogP contribution is 2.45. The molecule has 2 saturated heterocycles. The second-order valence-electron chi connectivity index (χ2n) is 13.0. The van der Waals surface area contributed by atoms with E-state index in [1.54, 1.807) is 19.2 Å². The van der Waals surface area contributed by atoms with Crippen molar-refractivity contribution in [3.8, 4) is 11.1 Å². The molecule has 3 aromatic heterocycles. The quantitative estimate of drug-likeness (QED) is 0.247. The van der Waals surface area contributed by atoms with E-state index < -0.39 is 0 Å². The van der Waals surface area contributed by atoms with Crippen LogP contribution in [0.4, 0.5) is 22.9 Å². The van der Waals surface area contributed by atoms with E-state index >= 15 is 0 Å². The number of aromatic nitrogens is 5. The number of likely N-dealkylation sites (tertiary alicyclic amines) is 2. The number of fused-ring (bicyclic) bond motifs is 3. The molecule has 0 atom stereocenters. The number of nitrogens with zero attached hydrogens (tertiary/aromatic N) is 8. The Morgan fingerprint density at radius 3 is 2.54 bits per heavy atom. The summed E-state index contributed by atoms with van der Waals surface area (Å²) >= 11 is 0. The number of hydrogen-bond acceptors (Lipinski definition) is 10. The largest absolute Gasteiger partial charge is 0.366 e. The highest BCUT2D eigenvalue weighted by molar-refractivity contribution is 6.01. The third-order valence-corrected chi connectivity index (χ3v) is 9.54. The molecule has 4 aliphatic rings. The number of carbonyl (C=O) groups is 3. The molecule has 1 aliphatic carbocycles. The standard InChI is InChI=1S/C34H37N11O3/c1-35-33(47)30-27(14-29(40-41-30)39-32(46)20-10-11-20)38-25-8-4-7-23-24-15-36-45(28(24)19-42(2)31(23)25)22-17-43(18-22)16-21-6-3-9-26(37-21)34(48)44-12-5-13-44/h3-4,6-9,14-15,20,22H,5,10-13,16-19H2,1-2H3,(H,35,47)(H2,38,39,40,46). The summed E-state index contributed by atoms with van der Waals surface area (Å²) in [5.41, 5.74) is 7.01. The van der Waals surface area contributed by atoms with Gasteiger partial charge in [-0.15, -0.1) is 10.2 Å². The van der Waals surface area contributed by atoms with E-state index in [2.05, 4.69) is 51.7 Å². The van der Waals surface area contributed by atoms with E-state index in [4.69, 9.17) is 5.10 Å². The number of carbonyl (C=O) groups excluding carboxylic acids is 3. The van der Waals surface area contributed by atoms with E-state index in [1.807, 2.05) is 42.4 Å². The molecule has 1 saturated carbocycles. The van der Waals surface area contributed by atoms with Gasteiger partial charge in [0.05, 0.1) is 47.2 Å². The normalized spacial score (nSPS) is 17.1. The molecule has 3 aliphatic heterocycles. The second-order valence-corrected chi connectivity index (χ2v) is 13.0. The van der Waals surface area contributed by atoms with E-state index in [1.165, 1.54) is 0 Å². The first kappa shape index (κ1) is 30.0. The number of pyridine rings is 1. The third kappa shape index (κ3) is 5.51. The van der Waals surface area contributed by atoms with Gasteiger partial charge in [-0.05, 0) is 37.5 Å². The Morgan fingerprint density at radius 2 is 1.79 bits per heavy atom. The first-order valence-electron chi connectivity index (χ1n) is 16.4. The maximum Gasteiger partial charge on any atom is 0.273 e. The number of benzene rings is 1. The van der Waals surface area contributed by atoms with Gasteiger partial charge in [-0.2, -0.15) is 5.10 Å². The summed E-state index contributed by atoms with van der Waals surface area (Å²) in [6, 6.07) is 13.6. The number of amides is 3. The molecule has 0 radical (unpaired) electrons. The molecule has 246 valence electrons. The van der Waals surface area contributed by atoms with Gasteiger partial charge in [-0.3, -0.25) is 24.0 Å². The Morgan fingerprint density at radius 1 is 0.979 bits per heavy atom. The fourth-order valence-corrected chi connectivity index (χ4v) is 6.64. The minimum Gasteiger partial charge on any atom is -0.366 e. The van der Waals surface area contributed by atoms with Crippen molar-refractivity contribution in [3.63, 3.8) is 0 Å². The van der Waals surface area contributed by atoms with Crippen molar-refractivity contribution in [2.45, 2.75) is 38.4 Å². The maximum atomic E-state index is 12.7. The molecule has 3 N–H and O–H groups in total. The van der Waals surface area contributed by atoms with Gasteiger partial charge in [0.15, 0.2) is 11.5 Å². The Balaban J connectivity index is 0.999.